The van der Waals surface area contributed by atoms with Crippen LogP contribution in [-0.4, -0.2) is 5.78 Å². The van der Waals surface area contributed by atoms with E-state index in [-0.39, 0.29) is 11.2 Å². The predicted octanol–water partition coefficient (Wildman–Crippen LogP) is 4.07. The zero-order valence-electron chi connectivity index (χ0n) is 9.80. The van der Waals surface area contributed by atoms with Gasteiger partial charge in [0, 0.05) is 6.42 Å². The van der Waals surface area contributed by atoms with Crippen molar-refractivity contribution in [3.05, 3.63) is 38.0 Å². The molecule has 0 atom stereocenters. The third kappa shape index (κ3) is 5.36. The second-order valence-corrected chi connectivity index (χ2v) is 4.18. The molecule has 1 heteroatoms. The van der Waals surface area contributed by atoms with Crippen molar-refractivity contribution in [1.82, 2.24) is 0 Å². The highest BCUT2D eigenvalue weighted by Gasteiger charge is 2.25. The van der Waals surface area contributed by atoms with Gasteiger partial charge in [0.25, 0.3) is 0 Å². The van der Waals surface area contributed by atoms with Crippen molar-refractivity contribution in [1.29, 1.82) is 0 Å². The molecule has 0 spiro atoms. The molecule has 0 radical (unpaired) electrons. The number of allylic oxidation sites excluding steroid dienone is 3. The number of Topliss-reactive ketones (excluding diaryl/α,β-unsaturated/α-hetero) is 1. The molecule has 0 unspecified atom stereocenters. The largest absolute Gasteiger partial charge is 0.300 e. The topological polar surface area (TPSA) is 17.1 Å². The Kier molecular flexibility index (Phi) is 6.68. The van der Waals surface area contributed by atoms with E-state index in [0.717, 1.165) is 25.7 Å². The molecule has 0 aliphatic rings. The summed E-state index contributed by atoms with van der Waals surface area (Å²) in [5.41, 5.74) is 0.108. The maximum atomic E-state index is 11.0. The highest BCUT2D eigenvalue weighted by Crippen LogP contribution is 2.37. The van der Waals surface area contributed by atoms with Crippen molar-refractivity contribution in [3.8, 4) is 0 Å². The van der Waals surface area contributed by atoms with Crippen molar-refractivity contribution in [2.24, 2.45) is 5.41 Å². The first kappa shape index (κ1) is 13.9. The molecule has 0 rings (SSSR count). The molecular weight excluding hydrogens is 184 g/mol. The van der Waals surface area contributed by atoms with Crippen LogP contribution in [-0.2, 0) is 4.79 Å². The summed E-state index contributed by atoms with van der Waals surface area (Å²) in [5, 5.41) is 0. The maximum absolute atomic E-state index is 11.0. The van der Waals surface area contributed by atoms with Crippen LogP contribution >= 0.6 is 0 Å². The van der Waals surface area contributed by atoms with Crippen molar-refractivity contribution in [2.75, 3.05) is 0 Å². The van der Waals surface area contributed by atoms with E-state index >= 15 is 0 Å². The van der Waals surface area contributed by atoms with Crippen LogP contribution in [0.2, 0.25) is 0 Å². The van der Waals surface area contributed by atoms with Crippen LogP contribution in [0.3, 0.4) is 0 Å². The zero-order chi connectivity index (χ0) is 11.7. The molecule has 84 valence electrons. The Bertz CT molecular complexity index is 211. The van der Waals surface area contributed by atoms with Crippen molar-refractivity contribution in [2.45, 2.75) is 39.0 Å². The molecule has 1 nitrogen and oxygen atoms in total. The zero-order valence-corrected chi connectivity index (χ0v) is 9.80. The monoisotopic (exact) mass is 206 g/mol. The first-order valence-corrected chi connectivity index (χ1v) is 5.42. The van der Waals surface area contributed by atoms with Gasteiger partial charge in [0.15, 0.2) is 0 Å². The second kappa shape index (κ2) is 7.22. The molecular formula is C14H22O. The van der Waals surface area contributed by atoms with Crippen molar-refractivity contribution in [3.63, 3.8) is 0 Å². The van der Waals surface area contributed by atoms with Crippen molar-refractivity contribution < 1.29 is 4.79 Å². The van der Waals surface area contributed by atoms with Gasteiger partial charge < -0.3 is 4.79 Å². The Morgan fingerprint density at radius 3 is 1.73 bits per heavy atom. The minimum absolute atomic E-state index is 0.108. The lowest BCUT2D eigenvalue weighted by atomic mass is 9.74. The quantitative estimate of drug-likeness (QED) is 0.520. The Hall–Kier alpha value is -1.11. The van der Waals surface area contributed by atoms with E-state index in [4.69, 9.17) is 0 Å². The molecule has 0 heterocycles. The Labute approximate surface area is 93.6 Å². The summed E-state index contributed by atoms with van der Waals surface area (Å²) in [4.78, 5) is 11.0. The Balaban J connectivity index is 4.57. The first-order chi connectivity index (χ1) is 7.10. The highest BCUT2D eigenvalue weighted by atomic mass is 16.1. The van der Waals surface area contributed by atoms with Gasteiger partial charge in [0.05, 0.1) is 0 Å². The maximum Gasteiger partial charge on any atom is 0.129 e. The van der Waals surface area contributed by atoms with Gasteiger partial charge in [0.1, 0.15) is 5.78 Å². The summed E-state index contributed by atoms with van der Waals surface area (Å²) >= 11 is 0. The number of hydrogen-bond acceptors (Lipinski definition) is 1. The van der Waals surface area contributed by atoms with E-state index in [1.54, 1.807) is 6.92 Å². The van der Waals surface area contributed by atoms with Crippen LogP contribution in [0.4, 0.5) is 0 Å². The van der Waals surface area contributed by atoms with Gasteiger partial charge in [-0.15, -0.1) is 19.7 Å². The SMILES string of the molecule is C=CCC(CC=C)(CC=C)CCC(C)=O. The molecule has 0 aromatic rings. The normalized spacial score (nSPS) is 10.7. The molecule has 0 amide bonds. The summed E-state index contributed by atoms with van der Waals surface area (Å²) in [6.07, 6.45) is 10.0. The average molecular weight is 206 g/mol. The smallest absolute Gasteiger partial charge is 0.129 e. The standard InChI is InChI=1S/C14H22O/c1-5-9-14(10-6-2,11-7-3)12-8-13(4)15/h5-7H,1-3,8-12H2,4H3. The van der Waals surface area contributed by atoms with E-state index in [2.05, 4.69) is 19.7 Å². The minimum atomic E-state index is 0.108. The fraction of sp³-hybridized carbons (Fsp3) is 0.500. The summed E-state index contributed by atoms with van der Waals surface area (Å²) < 4.78 is 0. The van der Waals surface area contributed by atoms with Crippen LogP contribution in [0, 0.1) is 5.41 Å². The molecule has 0 N–H and O–H groups in total. The molecule has 0 aromatic heterocycles. The highest BCUT2D eigenvalue weighted by molar-refractivity contribution is 5.75. The van der Waals surface area contributed by atoms with Gasteiger partial charge >= 0.3 is 0 Å². The van der Waals surface area contributed by atoms with Gasteiger partial charge in [-0.1, -0.05) is 18.2 Å². The lowest BCUT2D eigenvalue weighted by molar-refractivity contribution is -0.117. The average Bonchev–Trinajstić information content (AvgIpc) is 2.16. The number of carbonyl (C=O) groups excluding carboxylic acids is 1. The lowest BCUT2D eigenvalue weighted by Gasteiger charge is -2.30. The number of rotatable bonds is 9. The summed E-state index contributed by atoms with van der Waals surface area (Å²) in [5.74, 6) is 0.247. The van der Waals surface area contributed by atoms with Gasteiger partial charge in [0.2, 0.25) is 0 Å². The molecule has 0 aliphatic carbocycles. The van der Waals surface area contributed by atoms with Crippen LogP contribution in [0.5, 0.6) is 0 Å². The van der Waals surface area contributed by atoms with Gasteiger partial charge in [-0.05, 0) is 38.0 Å². The number of hydrogen-bond donors (Lipinski definition) is 0. The van der Waals surface area contributed by atoms with Crippen LogP contribution < -0.4 is 0 Å². The Morgan fingerprint density at radius 1 is 1.07 bits per heavy atom. The van der Waals surface area contributed by atoms with Gasteiger partial charge in [-0.2, -0.15) is 0 Å². The van der Waals surface area contributed by atoms with Crippen LogP contribution in [0.1, 0.15) is 39.0 Å². The fourth-order valence-corrected chi connectivity index (χ4v) is 1.92. The van der Waals surface area contributed by atoms with Gasteiger partial charge in [-0.25, -0.2) is 0 Å². The van der Waals surface area contributed by atoms with E-state index in [1.807, 2.05) is 18.2 Å². The van der Waals surface area contributed by atoms with Crippen LogP contribution in [0.15, 0.2) is 38.0 Å². The van der Waals surface area contributed by atoms with Crippen molar-refractivity contribution >= 4 is 5.78 Å². The molecule has 0 saturated carbocycles. The van der Waals surface area contributed by atoms with Crippen LogP contribution in [0.25, 0.3) is 0 Å². The molecule has 0 aromatic carbocycles. The predicted molar refractivity (Wildman–Crippen MR) is 66.8 cm³/mol. The van der Waals surface area contributed by atoms with E-state index in [1.165, 1.54) is 0 Å². The molecule has 15 heavy (non-hydrogen) atoms. The number of carbonyl (C=O) groups is 1. The fourth-order valence-electron chi connectivity index (χ4n) is 1.92. The summed E-state index contributed by atoms with van der Waals surface area (Å²) in [7, 11) is 0. The first-order valence-electron chi connectivity index (χ1n) is 5.42. The molecule has 0 aliphatic heterocycles. The van der Waals surface area contributed by atoms with E-state index < -0.39 is 0 Å². The summed E-state index contributed by atoms with van der Waals surface area (Å²) in [6, 6.07) is 0. The molecule has 0 fully saturated rings. The lowest BCUT2D eigenvalue weighted by Crippen LogP contribution is -2.19. The summed E-state index contributed by atoms with van der Waals surface area (Å²) in [6.45, 7) is 13.0. The third-order valence-electron chi connectivity index (χ3n) is 2.74. The van der Waals surface area contributed by atoms with Gasteiger partial charge in [-0.3, -0.25) is 0 Å². The molecule has 0 bridgehead atoms. The minimum Gasteiger partial charge on any atom is -0.300 e. The second-order valence-electron chi connectivity index (χ2n) is 4.18. The van der Waals surface area contributed by atoms with E-state index in [9.17, 15) is 4.79 Å². The molecule has 0 saturated heterocycles. The third-order valence-corrected chi connectivity index (χ3v) is 2.74. The number of ketones is 1. The van der Waals surface area contributed by atoms with E-state index in [0.29, 0.717) is 6.42 Å². The Morgan fingerprint density at radius 2 is 1.47 bits per heavy atom.